The van der Waals surface area contributed by atoms with E-state index in [4.69, 9.17) is 5.73 Å². The second kappa shape index (κ2) is 10.3. The maximum Gasteiger partial charge on any atom is 0.188 e. The molecule has 0 aliphatic heterocycles. The zero-order chi connectivity index (χ0) is 16.7. The number of hydrogen-bond donors (Lipinski definition) is 2. The fourth-order valence-corrected chi connectivity index (χ4v) is 2.77. The predicted octanol–water partition coefficient (Wildman–Crippen LogP) is 2.81. The molecule has 132 valence electrons. The molecule has 0 unspecified atom stereocenters. The summed E-state index contributed by atoms with van der Waals surface area (Å²) in [7, 11) is 1.99. The third-order valence-corrected chi connectivity index (χ3v) is 4.00. The highest BCUT2D eigenvalue weighted by Gasteiger charge is 2.12. The standard InChI is InChI=1S/C18H27N5.HI/c1-4-16-15(17(5-2)23(3)22-16)13-21-18(19)20-12-11-14-9-7-6-8-10-14;/h6-10H,4-5,11-13H2,1-3H3,(H3,19,20,21);1H. The van der Waals surface area contributed by atoms with Crippen molar-refractivity contribution in [1.29, 1.82) is 0 Å². The van der Waals surface area contributed by atoms with Crippen LogP contribution in [0.25, 0.3) is 0 Å². The number of benzene rings is 1. The van der Waals surface area contributed by atoms with Crippen molar-refractivity contribution in [2.45, 2.75) is 39.7 Å². The summed E-state index contributed by atoms with van der Waals surface area (Å²) >= 11 is 0. The summed E-state index contributed by atoms with van der Waals surface area (Å²) in [6.45, 7) is 5.64. The van der Waals surface area contributed by atoms with Crippen molar-refractivity contribution < 1.29 is 0 Å². The second-order valence-electron chi connectivity index (χ2n) is 5.57. The van der Waals surface area contributed by atoms with Crippen LogP contribution in [0, 0.1) is 0 Å². The van der Waals surface area contributed by atoms with Gasteiger partial charge in [0.15, 0.2) is 5.96 Å². The van der Waals surface area contributed by atoms with Gasteiger partial charge in [0.1, 0.15) is 0 Å². The number of aryl methyl sites for hydroxylation is 2. The van der Waals surface area contributed by atoms with Gasteiger partial charge in [-0.25, -0.2) is 4.99 Å². The molecule has 24 heavy (non-hydrogen) atoms. The first-order valence-electron chi connectivity index (χ1n) is 8.27. The molecule has 0 fully saturated rings. The highest BCUT2D eigenvalue weighted by molar-refractivity contribution is 14.0. The van der Waals surface area contributed by atoms with E-state index in [1.807, 2.05) is 29.9 Å². The first-order chi connectivity index (χ1) is 11.2. The molecular weight excluding hydrogens is 413 g/mol. The lowest BCUT2D eigenvalue weighted by Crippen LogP contribution is -2.33. The molecule has 0 amide bonds. The van der Waals surface area contributed by atoms with Crippen molar-refractivity contribution in [3.8, 4) is 0 Å². The summed E-state index contributed by atoms with van der Waals surface area (Å²) in [6.07, 6.45) is 2.81. The van der Waals surface area contributed by atoms with E-state index >= 15 is 0 Å². The highest BCUT2D eigenvalue weighted by Crippen LogP contribution is 2.16. The van der Waals surface area contributed by atoms with E-state index < -0.39 is 0 Å². The zero-order valence-electron chi connectivity index (χ0n) is 14.7. The monoisotopic (exact) mass is 441 g/mol. The number of rotatable bonds is 7. The molecule has 0 bridgehead atoms. The number of nitrogens with two attached hydrogens (primary N) is 1. The fraction of sp³-hybridized carbons (Fsp3) is 0.444. The van der Waals surface area contributed by atoms with Crippen LogP contribution in [-0.2, 0) is 32.9 Å². The number of aromatic nitrogens is 2. The largest absolute Gasteiger partial charge is 0.370 e. The van der Waals surface area contributed by atoms with E-state index in [0.29, 0.717) is 12.5 Å². The van der Waals surface area contributed by atoms with E-state index in [1.54, 1.807) is 0 Å². The van der Waals surface area contributed by atoms with Gasteiger partial charge in [-0.1, -0.05) is 44.2 Å². The number of guanidine groups is 1. The Hall–Kier alpha value is -1.57. The lowest BCUT2D eigenvalue weighted by atomic mass is 10.1. The molecule has 5 nitrogen and oxygen atoms in total. The van der Waals surface area contributed by atoms with Crippen LogP contribution in [0.2, 0.25) is 0 Å². The molecule has 1 heterocycles. The molecule has 2 rings (SSSR count). The third kappa shape index (κ3) is 5.51. The van der Waals surface area contributed by atoms with E-state index in [-0.39, 0.29) is 24.0 Å². The average molecular weight is 441 g/mol. The van der Waals surface area contributed by atoms with Crippen molar-refractivity contribution in [3.63, 3.8) is 0 Å². The number of hydrogen-bond acceptors (Lipinski definition) is 2. The van der Waals surface area contributed by atoms with Crippen LogP contribution in [0.3, 0.4) is 0 Å². The Morgan fingerprint density at radius 2 is 1.92 bits per heavy atom. The van der Waals surface area contributed by atoms with Crippen LogP contribution >= 0.6 is 24.0 Å². The van der Waals surface area contributed by atoms with Gasteiger partial charge in [0.05, 0.1) is 12.2 Å². The topological polar surface area (TPSA) is 68.2 Å². The molecular formula is C18H28IN5. The van der Waals surface area contributed by atoms with Gasteiger partial charge in [0, 0.05) is 24.8 Å². The summed E-state index contributed by atoms with van der Waals surface area (Å²) in [5.74, 6) is 0.494. The van der Waals surface area contributed by atoms with E-state index in [1.165, 1.54) is 16.8 Å². The van der Waals surface area contributed by atoms with Gasteiger partial charge in [-0.3, -0.25) is 4.68 Å². The fourth-order valence-electron chi connectivity index (χ4n) is 2.77. The molecule has 0 saturated carbocycles. The number of aliphatic imine (C=N–C) groups is 1. The minimum absolute atomic E-state index is 0. The van der Waals surface area contributed by atoms with Crippen LogP contribution in [0.15, 0.2) is 35.3 Å². The number of nitrogens with zero attached hydrogens (tertiary/aromatic N) is 3. The molecule has 0 saturated heterocycles. The Morgan fingerprint density at radius 1 is 1.21 bits per heavy atom. The third-order valence-electron chi connectivity index (χ3n) is 4.00. The highest BCUT2D eigenvalue weighted by atomic mass is 127. The van der Waals surface area contributed by atoms with Crippen molar-refractivity contribution in [2.24, 2.45) is 17.8 Å². The Morgan fingerprint density at radius 3 is 2.54 bits per heavy atom. The first-order valence-corrected chi connectivity index (χ1v) is 8.27. The lowest BCUT2D eigenvalue weighted by molar-refractivity contribution is 0.703. The quantitative estimate of drug-likeness (QED) is 0.395. The molecule has 1 aromatic carbocycles. The summed E-state index contributed by atoms with van der Waals surface area (Å²) in [5, 5.41) is 7.75. The molecule has 0 radical (unpaired) electrons. The number of nitrogens with one attached hydrogen (secondary N) is 1. The molecule has 0 atom stereocenters. The zero-order valence-corrected chi connectivity index (χ0v) is 17.1. The van der Waals surface area contributed by atoms with Crippen LogP contribution in [0.1, 0.15) is 36.4 Å². The van der Waals surface area contributed by atoms with E-state index in [2.05, 4.69) is 41.4 Å². The summed E-state index contributed by atoms with van der Waals surface area (Å²) in [4.78, 5) is 4.49. The van der Waals surface area contributed by atoms with Gasteiger partial charge in [-0.2, -0.15) is 5.10 Å². The van der Waals surface area contributed by atoms with Crippen LogP contribution in [0.4, 0.5) is 0 Å². The lowest BCUT2D eigenvalue weighted by Gasteiger charge is -2.07. The van der Waals surface area contributed by atoms with Gasteiger partial charge in [0.2, 0.25) is 0 Å². The van der Waals surface area contributed by atoms with Crippen molar-refractivity contribution in [1.82, 2.24) is 15.1 Å². The van der Waals surface area contributed by atoms with E-state index in [0.717, 1.165) is 31.5 Å². The second-order valence-corrected chi connectivity index (χ2v) is 5.57. The van der Waals surface area contributed by atoms with Gasteiger partial charge < -0.3 is 11.1 Å². The van der Waals surface area contributed by atoms with Crippen LogP contribution in [0.5, 0.6) is 0 Å². The summed E-state index contributed by atoms with van der Waals surface area (Å²) in [6, 6.07) is 10.4. The van der Waals surface area contributed by atoms with E-state index in [9.17, 15) is 0 Å². The average Bonchev–Trinajstić information content (AvgIpc) is 2.88. The Bertz CT molecular complexity index is 649. The van der Waals surface area contributed by atoms with Crippen molar-refractivity contribution >= 4 is 29.9 Å². The predicted molar refractivity (Wildman–Crippen MR) is 111 cm³/mol. The van der Waals surface area contributed by atoms with Gasteiger partial charge in [-0.05, 0) is 24.8 Å². The minimum Gasteiger partial charge on any atom is -0.370 e. The normalized spacial score (nSPS) is 11.2. The SMILES string of the molecule is CCc1nn(C)c(CC)c1CN=C(N)NCCc1ccccc1.I. The van der Waals surface area contributed by atoms with Gasteiger partial charge >= 0.3 is 0 Å². The molecule has 2 aromatic rings. The van der Waals surface area contributed by atoms with Crippen LogP contribution < -0.4 is 11.1 Å². The molecule has 0 aliphatic carbocycles. The smallest absolute Gasteiger partial charge is 0.188 e. The summed E-state index contributed by atoms with van der Waals surface area (Å²) in [5.41, 5.74) is 10.8. The summed E-state index contributed by atoms with van der Waals surface area (Å²) < 4.78 is 1.96. The van der Waals surface area contributed by atoms with Crippen molar-refractivity contribution in [2.75, 3.05) is 6.54 Å². The molecule has 1 aromatic heterocycles. The maximum atomic E-state index is 5.99. The molecule has 3 N–H and O–H groups in total. The van der Waals surface area contributed by atoms with Gasteiger partial charge in [-0.15, -0.1) is 24.0 Å². The molecule has 0 aliphatic rings. The first kappa shape index (κ1) is 20.5. The van der Waals surface area contributed by atoms with Crippen LogP contribution in [-0.4, -0.2) is 22.3 Å². The molecule has 6 heteroatoms. The Balaban J connectivity index is 0.00000288. The Labute approximate surface area is 161 Å². The minimum atomic E-state index is 0. The van der Waals surface area contributed by atoms with Gasteiger partial charge in [0.25, 0.3) is 0 Å². The number of halogens is 1. The van der Waals surface area contributed by atoms with Crippen molar-refractivity contribution in [3.05, 3.63) is 52.8 Å². The maximum absolute atomic E-state index is 5.99. The Kier molecular flexibility index (Phi) is 8.81. The molecule has 0 spiro atoms.